The van der Waals surface area contributed by atoms with Gasteiger partial charge in [0.15, 0.2) is 5.13 Å². The Bertz CT molecular complexity index is 777. The molecule has 0 radical (unpaired) electrons. The molecule has 0 unspecified atom stereocenters. The van der Waals surface area contributed by atoms with E-state index in [1.165, 1.54) is 11.1 Å². The smallest absolute Gasteiger partial charge is 0.182 e. The van der Waals surface area contributed by atoms with Gasteiger partial charge >= 0.3 is 0 Å². The summed E-state index contributed by atoms with van der Waals surface area (Å²) >= 11 is 1.62. The van der Waals surface area contributed by atoms with Gasteiger partial charge in [0.2, 0.25) is 0 Å². The molecule has 0 atom stereocenters. The summed E-state index contributed by atoms with van der Waals surface area (Å²) in [6, 6.07) is 18.9. The van der Waals surface area contributed by atoms with Crippen molar-refractivity contribution in [2.45, 2.75) is 12.8 Å². The van der Waals surface area contributed by atoms with E-state index in [-0.39, 0.29) is 0 Å². The third-order valence-corrected chi connectivity index (χ3v) is 4.68. The number of carbonyl (C=O) groups excluding carboxylic acids is 1. The summed E-state index contributed by atoms with van der Waals surface area (Å²) in [7, 11) is 1.89. The topological polar surface area (TPSA) is 42.0 Å². The molecular weight excluding hydrogens is 316 g/mol. The number of rotatable bonds is 4. The molecule has 1 saturated carbocycles. The largest absolute Gasteiger partial charge is 0.365 e. The molecule has 0 saturated heterocycles. The zero-order chi connectivity index (χ0) is 16.8. The molecule has 0 aliphatic heterocycles. The van der Waals surface area contributed by atoms with Crippen molar-refractivity contribution in [2.75, 3.05) is 12.4 Å². The van der Waals surface area contributed by atoms with E-state index in [4.69, 9.17) is 0 Å². The van der Waals surface area contributed by atoms with E-state index in [2.05, 4.69) is 64.2 Å². The van der Waals surface area contributed by atoms with Crippen LogP contribution in [0.5, 0.6) is 0 Å². The fraction of sp³-hybridized carbons (Fsp3) is 0.200. The minimum Gasteiger partial charge on any atom is -0.365 e. The molecule has 3 aromatic rings. The predicted octanol–water partition coefficient (Wildman–Crippen LogP) is 5.11. The molecule has 1 N–H and O–H groups in total. The molecule has 1 fully saturated rings. The van der Waals surface area contributed by atoms with Gasteiger partial charge < -0.3 is 10.1 Å². The molecule has 0 spiro atoms. The Morgan fingerprint density at radius 2 is 1.62 bits per heavy atom. The normalized spacial score (nSPS) is 12.9. The Hall–Kier alpha value is -2.46. The van der Waals surface area contributed by atoms with Crippen molar-refractivity contribution >= 4 is 22.8 Å². The number of anilines is 1. The molecule has 4 rings (SSSR count). The molecule has 1 aromatic heterocycles. The first-order chi connectivity index (χ1) is 11.8. The van der Waals surface area contributed by atoms with Crippen molar-refractivity contribution in [3.63, 3.8) is 0 Å². The highest BCUT2D eigenvalue weighted by atomic mass is 32.1. The van der Waals surface area contributed by atoms with E-state index in [1.54, 1.807) is 11.3 Å². The van der Waals surface area contributed by atoms with Crippen LogP contribution in [0.1, 0.15) is 12.8 Å². The van der Waals surface area contributed by atoms with Crippen LogP contribution in [0.2, 0.25) is 0 Å². The van der Waals surface area contributed by atoms with Crippen LogP contribution < -0.4 is 5.32 Å². The highest BCUT2D eigenvalue weighted by molar-refractivity contribution is 7.14. The first kappa shape index (κ1) is 16.4. The van der Waals surface area contributed by atoms with Crippen LogP contribution in [0.15, 0.2) is 60.0 Å². The minimum absolute atomic E-state index is 0.454. The number of hydrogen-bond donors (Lipinski definition) is 1. The standard InChI is InChI=1S/C16H14N2S.C4H6O/c1-17-16-18-15(11-19-16)14-9-7-13(8-10-14)12-5-3-2-4-6-12;5-3-4-1-2-4/h2-11H,1H3,(H,17,18);3-4H,1-2H2. The number of carbonyl (C=O) groups is 1. The number of thiazole rings is 1. The van der Waals surface area contributed by atoms with Crippen molar-refractivity contribution in [1.29, 1.82) is 0 Å². The fourth-order valence-electron chi connectivity index (χ4n) is 2.22. The Labute approximate surface area is 146 Å². The van der Waals surface area contributed by atoms with Crippen LogP contribution in [0, 0.1) is 5.92 Å². The summed E-state index contributed by atoms with van der Waals surface area (Å²) in [6.45, 7) is 0. The molecule has 2 aromatic carbocycles. The van der Waals surface area contributed by atoms with E-state index >= 15 is 0 Å². The third kappa shape index (κ3) is 4.30. The number of nitrogens with zero attached hydrogens (tertiary/aromatic N) is 1. The maximum atomic E-state index is 9.57. The van der Waals surface area contributed by atoms with Crippen molar-refractivity contribution < 1.29 is 4.79 Å². The lowest BCUT2D eigenvalue weighted by Crippen LogP contribution is -1.86. The van der Waals surface area contributed by atoms with Gasteiger partial charge in [-0.15, -0.1) is 11.3 Å². The quantitative estimate of drug-likeness (QED) is 0.673. The average molecular weight is 336 g/mol. The molecule has 0 bridgehead atoms. The molecule has 24 heavy (non-hydrogen) atoms. The van der Waals surface area contributed by atoms with Crippen molar-refractivity contribution in [2.24, 2.45) is 5.92 Å². The average Bonchev–Trinajstić information content (AvgIpc) is 3.39. The Kier molecular flexibility index (Phi) is 5.39. The SMILES string of the molecule is CNc1nc(-c2ccc(-c3ccccc3)cc2)cs1.O=CC1CC1. The summed E-state index contributed by atoms with van der Waals surface area (Å²) in [5.41, 5.74) is 4.64. The third-order valence-electron chi connectivity index (χ3n) is 3.82. The maximum absolute atomic E-state index is 9.57. The van der Waals surface area contributed by atoms with Gasteiger partial charge in [0.05, 0.1) is 5.69 Å². The molecule has 0 amide bonds. The van der Waals surface area contributed by atoms with Crippen molar-refractivity contribution in [1.82, 2.24) is 4.98 Å². The van der Waals surface area contributed by atoms with Gasteiger partial charge in [0, 0.05) is 23.9 Å². The summed E-state index contributed by atoms with van der Waals surface area (Å²) in [5, 5.41) is 6.08. The molecule has 1 aliphatic carbocycles. The lowest BCUT2D eigenvalue weighted by atomic mass is 10.0. The highest BCUT2D eigenvalue weighted by Gasteiger charge is 2.18. The second-order valence-electron chi connectivity index (χ2n) is 5.70. The number of nitrogens with one attached hydrogen (secondary N) is 1. The molecule has 1 aliphatic rings. The predicted molar refractivity (Wildman–Crippen MR) is 101 cm³/mol. The van der Waals surface area contributed by atoms with E-state index < -0.39 is 0 Å². The number of hydrogen-bond acceptors (Lipinski definition) is 4. The summed E-state index contributed by atoms with van der Waals surface area (Å²) in [5.74, 6) is 0.454. The molecule has 4 heteroatoms. The fourth-order valence-corrected chi connectivity index (χ4v) is 2.90. The van der Waals surface area contributed by atoms with Gasteiger partial charge in [0.1, 0.15) is 6.29 Å². The van der Waals surface area contributed by atoms with Gasteiger partial charge in [0.25, 0.3) is 0 Å². The molecule has 3 nitrogen and oxygen atoms in total. The summed E-state index contributed by atoms with van der Waals surface area (Å²) < 4.78 is 0. The first-order valence-corrected chi connectivity index (χ1v) is 8.92. The van der Waals surface area contributed by atoms with E-state index in [0.717, 1.165) is 35.5 Å². The number of aromatic nitrogens is 1. The van der Waals surface area contributed by atoms with E-state index in [1.807, 2.05) is 13.1 Å². The number of aldehydes is 1. The Balaban J connectivity index is 0.000000290. The first-order valence-electron chi connectivity index (χ1n) is 8.04. The van der Waals surface area contributed by atoms with Crippen LogP contribution in [0.3, 0.4) is 0 Å². The van der Waals surface area contributed by atoms with Crippen LogP contribution in [-0.2, 0) is 4.79 Å². The second kappa shape index (κ2) is 7.88. The zero-order valence-corrected chi connectivity index (χ0v) is 14.4. The van der Waals surface area contributed by atoms with Gasteiger partial charge in [-0.1, -0.05) is 54.6 Å². The Morgan fingerprint density at radius 1 is 1.00 bits per heavy atom. The van der Waals surface area contributed by atoms with Crippen molar-refractivity contribution in [3.8, 4) is 22.4 Å². The monoisotopic (exact) mass is 336 g/mol. The maximum Gasteiger partial charge on any atom is 0.182 e. The van der Waals surface area contributed by atoms with E-state index in [0.29, 0.717) is 5.92 Å². The van der Waals surface area contributed by atoms with Crippen LogP contribution in [0.25, 0.3) is 22.4 Å². The Morgan fingerprint density at radius 3 is 2.12 bits per heavy atom. The van der Waals surface area contributed by atoms with Gasteiger partial charge in [-0.25, -0.2) is 4.98 Å². The van der Waals surface area contributed by atoms with Crippen LogP contribution in [-0.4, -0.2) is 18.3 Å². The van der Waals surface area contributed by atoms with Crippen LogP contribution >= 0.6 is 11.3 Å². The summed E-state index contributed by atoms with van der Waals surface area (Å²) in [6.07, 6.45) is 3.31. The van der Waals surface area contributed by atoms with Crippen LogP contribution in [0.4, 0.5) is 5.13 Å². The van der Waals surface area contributed by atoms with Gasteiger partial charge in [-0.3, -0.25) is 0 Å². The molecule has 122 valence electrons. The number of benzene rings is 2. The second-order valence-corrected chi connectivity index (χ2v) is 6.56. The minimum atomic E-state index is 0.454. The highest BCUT2D eigenvalue weighted by Crippen LogP contribution is 2.27. The molecular formula is C20H20N2OS. The lowest BCUT2D eigenvalue weighted by Gasteiger charge is -2.02. The van der Waals surface area contributed by atoms with Gasteiger partial charge in [-0.05, 0) is 24.0 Å². The van der Waals surface area contributed by atoms with Crippen molar-refractivity contribution in [3.05, 3.63) is 60.0 Å². The van der Waals surface area contributed by atoms with Gasteiger partial charge in [-0.2, -0.15) is 0 Å². The van der Waals surface area contributed by atoms with E-state index in [9.17, 15) is 4.79 Å². The summed E-state index contributed by atoms with van der Waals surface area (Å²) in [4.78, 5) is 14.1. The lowest BCUT2D eigenvalue weighted by molar-refractivity contribution is -0.108. The molecule has 1 heterocycles. The zero-order valence-electron chi connectivity index (χ0n) is 13.6.